The van der Waals surface area contributed by atoms with Crippen LogP contribution in [0.4, 0.5) is 13.2 Å². The summed E-state index contributed by atoms with van der Waals surface area (Å²) in [6.07, 6.45) is -3.24. The Bertz CT molecular complexity index is 1280. The predicted octanol–water partition coefficient (Wildman–Crippen LogP) is 2.87. The highest BCUT2D eigenvalue weighted by Gasteiger charge is 2.31. The molecule has 164 valence electrons. The lowest BCUT2D eigenvalue weighted by molar-refractivity contribution is -0.137. The molecule has 10 heteroatoms. The molecule has 3 aromatic rings. The third kappa shape index (κ3) is 3.97. The van der Waals surface area contributed by atoms with Gasteiger partial charge in [0.1, 0.15) is 5.65 Å². The highest BCUT2D eigenvalue weighted by molar-refractivity contribution is 5.97. The molecule has 0 spiro atoms. The molecule has 1 amide bonds. The molecule has 2 aromatic heterocycles. The third-order valence-corrected chi connectivity index (χ3v) is 5.31. The Kier molecular flexibility index (Phi) is 5.75. The van der Waals surface area contributed by atoms with Crippen molar-refractivity contribution in [3.8, 4) is 0 Å². The van der Waals surface area contributed by atoms with Gasteiger partial charge in [0.15, 0.2) is 0 Å². The summed E-state index contributed by atoms with van der Waals surface area (Å²) in [5.41, 5.74) is -1.36. The molecule has 0 radical (unpaired) electrons. The quantitative estimate of drug-likeness (QED) is 0.633. The summed E-state index contributed by atoms with van der Waals surface area (Å²) in [4.78, 5) is 43.2. The van der Waals surface area contributed by atoms with Crippen LogP contribution in [0.15, 0.2) is 46.1 Å². The van der Waals surface area contributed by atoms with Gasteiger partial charge in [0.2, 0.25) is 0 Å². The fourth-order valence-electron chi connectivity index (χ4n) is 3.50. The van der Waals surface area contributed by atoms with Crippen molar-refractivity contribution >= 4 is 16.9 Å². The molecular formula is C21H21F3N4O3. The Morgan fingerprint density at radius 3 is 2.45 bits per heavy atom. The van der Waals surface area contributed by atoms with Gasteiger partial charge in [0, 0.05) is 26.8 Å². The molecule has 0 bridgehead atoms. The van der Waals surface area contributed by atoms with Gasteiger partial charge < -0.3 is 4.90 Å². The van der Waals surface area contributed by atoms with E-state index >= 15 is 0 Å². The average molecular weight is 434 g/mol. The Morgan fingerprint density at radius 2 is 1.84 bits per heavy atom. The predicted molar refractivity (Wildman–Crippen MR) is 109 cm³/mol. The molecule has 0 N–H and O–H groups in total. The first-order chi connectivity index (χ1) is 14.5. The minimum Gasteiger partial charge on any atom is -0.332 e. The summed E-state index contributed by atoms with van der Waals surface area (Å²) in [6, 6.07) is 5.52. The summed E-state index contributed by atoms with van der Waals surface area (Å²) in [7, 11) is 2.79. The molecule has 1 aromatic carbocycles. The average Bonchev–Trinajstić information content (AvgIpc) is 2.75. The molecule has 1 atom stereocenters. The number of hydrogen-bond donors (Lipinski definition) is 0. The summed E-state index contributed by atoms with van der Waals surface area (Å²) in [6.45, 7) is 3.56. The third-order valence-electron chi connectivity index (χ3n) is 5.31. The van der Waals surface area contributed by atoms with Crippen LogP contribution in [0.2, 0.25) is 0 Å². The molecule has 0 aliphatic rings. The van der Waals surface area contributed by atoms with Crippen molar-refractivity contribution in [2.45, 2.75) is 26.1 Å². The van der Waals surface area contributed by atoms with Crippen LogP contribution in [0.5, 0.6) is 0 Å². The maximum absolute atomic E-state index is 13.2. The number of nitrogens with zero attached hydrogens (tertiary/aromatic N) is 4. The summed E-state index contributed by atoms with van der Waals surface area (Å²) in [5, 5.41) is 0.0956. The Balaban J connectivity index is 2.03. The van der Waals surface area contributed by atoms with Gasteiger partial charge in [-0.15, -0.1) is 0 Å². The first-order valence-electron chi connectivity index (χ1n) is 9.51. The van der Waals surface area contributed by atoms with Gasteiger partial charge in [-0.1, -0.05) is 12.1 Å². The number of rotatable bonds is 4. The number of halogens is 3. The van der Waals surface area contributed by atoms with Crippen molar-refractivity contribution in [3.63, 3.8) is 0 Å². The van der Waals surface area contributed by atoms with Gasteiger partial charge in [-0.05, 0) is 37.6 Å². The van der Waals surface area contributed by atoms with Crippen molar-refractivity contribution in [3.05, 3.63) is 74.1 Å². The zero-order chi connectivity index (χ0) is 23.1. The lowest BCUT2D eigenvalue weighted by Gasteiger charge is -2.29. The summed E-state index contributed by atoms with van der Waals surface area (Å²) in [5.74, 6) is -0.488. The normalized spacial score (nSPS) is 12.7. The van der Waals surface area contributed by atoms with Crippen molar-refractivity contribution < 1.29 is 18.0 Å². The maximum atomic E-state index is 13.2. The van der Waals surface area contributed by atoms with Crippen molar-refractivity contribution in [2.75, 3.05) is 6.54 Å². The molecule has 0 saturated carbocycles. The molecule has 7 nitrogen and oxygen atoms in total. The van der Waals surface area contributed by atoms with Crippen LogP contribution in [-0.2, 0) is 20.3 Å². The first kappa shape index (κ1) is 22.3. The van der Waals surface area contributed by atoms with Gasteiger partial charge in [0.25, 0.3) is 11.5 Å². The molecule has 0 aliphatic heterocycles. The van der Waals surface area contributed by atoms with Gasteiger partial charge in [-0.2, -0.15) is 13.2 Å². The lowest BCUT2D eigenvalue weighted by atomic mass is 10.0. The number of pyridine rings is 1. The van der Waals surface area contributed by atoms with Crippen LogP contribution in [0, 0.1) is 0 Å². The number of carbonyl (C=O) groups excluding carboxylic acids is 1. The topological polar surface area (TPSA) is 77.2 Å². The summed E-state index contributed by atoms with van der Waals surface area (Å²) >= 11 is 0. The van der Waals surface area contributed by atoms with E-state index in [0.29, 0.717) is 5.56 Å². The Hall–Kier alpha value is -3.43. The molecular weight excluding hydrogens is 413 g/mol. The second-order valence-corrected chi connectivity index (χ2v) is 7.19. The van der Waals surface area contributed by atoms with Gasteiger partial charge in [-0.3, -0.25) is 18.7 Å². The smallest absolute Gasteiger partial charge is 0.332 e. The van der Waals surface area contributed by atoms with E-state index in [4.69, 9.17) is 0 Å². The molecule has 31 heavy (non-hydrogen) atoms. The maximum Gasteiger partial charge on any atom is 0.416 e. The molecule has 3 rings (SSSR count). The number of benzene rings is 1. The van der Waals surface area contributed by atoms with E-state index in [-0.39, 0.29) is 23.1 Å². The second-order valence-electron chi connectivity index (χ2n) is 7.19. The van der Waals surface area contributed by atoms with E-state index in [1.165, 1.54) is 48.0 Å². The van der Waals surface area contributed by atoms with E-state index in [1.54, 1.807) is 13.8 Å². The minimum absolute atomic E-state index is 0.0956. The standard InChI is InChI=1S/C21H21F3N4O3/c1-5-28(12(2)13-7-6-8-15(9-13)21(22,23)24)18(29)14-10-16-17(25-11-14)26(3)20(31)27(4)19(16)30/h6-12H,5H2,1-4H3. The molecule has 2 heterocycles. The number of hydrogen-bond acceptors (Lipinski definition) is 4. The zero-order valence-electron chi connectivity index (χ0n) is 17.4. The molecule has 1 unspecified atom stereocenters. The first-order valence-corrected chi connectivity index (χ1v) is 9.51. The monoisotopic (exact) mass is 434 g/mol. The number of fused-ring (bicyclic) bond motifs is 1. The zero-order valence-corrected chi connectivity index (χ0v) is 17.4. The molecule has 0 aliphatic carbocycles. The van der Waals surface area contributed by atoms with Crippen LogP contribution < -0.4 is 11.2 Å². The van der Waals surface area contributed by atoms with Gasteiger partial charge in [0.05, 0.1) is 22.6 Å². The molecule has 0 fully saturated rings. The lowest BCUT2D eigenvalue weighted by Crippen LogP contribution is -2.38. The summed E-state index contributed by atoms with van der Waals surface area (Å²) < 4.78 is 41.3. The van der Waals surface area contributed by atoms with Crippen molar-refractivity contribution in [1.82, 2.24) is 19.0 Å². The fourth-order valence-corrected chi connectivity index (χ4v) is 3.50. The van der Waals surface area contributed by atoms with E-state index in [0.717, 1.165) is 16.7 Å². The highest BCUT2D eigenvalue weighted by Crippen LogP contribution is 2.32. The highest BCUT2D eigenvalue weighted by atomic mass is 19.4. The van der Waals surface area contributed by atoms with Crippen molar-refractivity contribution in [1.29, 1.82) is 0 Å². The minimum atomic E-state index is -4.49. The van der Waals surface area contributed by atoms with Crippen LogP contribution >= 0.6 is 0 Å². The van der Waals surface area contributed by atoms with E-state index in [2.05, 4.69) is 4.98 Å². The molecule has 0 saturated heterocycles. The fraction of sp³-hybridized carbons (Fsp3) is 0.333. The SMILES string of the molecule is CCN(C(=O)c1cnc2c(c1)c(=O)n(C)c(=O)n2C)C(C)c1cccc(C(F)(F)F)c1. The number of carbonyl (C=O) groups is 1. The number of aromatic nitrogens is 3. The van der Waals surface area contributed by atoms with E-state index < -0.39 is 34.9 Å². The van der Waals surface area contributed by atoms with Crippen LogP contribution in [0.25, 0.3) is 11.0 Å². The second kappa shape index (κ2) is 8.01. The number of alkyl halides is 3. The Labute approximate surface area is 175 Å². The number of aryl methyl sites for hydroxylation is 1. The van der Waals surface area contributed by atoms with Crippen LogP contribution in [0.1, 0.15) is 41.4 Å². The van der Waals surface area contributed by atoms with Crippen molar-refractivity contribution in [2.24, 2.45) is 14.1 Å². The van der Waals surface area contributed by atoms with Gasteiger partial charge >= 0.3 is 11.9 Å². The Morgan fingerprint density at radius 1 is 1.16 bits per heavy atom. The van der Waals surface area contributed by atoms with E-state index in [1.807, 2.05) is 0 Å². The number of amides is 1. The largest absolute Gasteiger partial charge is 0.416 e. The van der Waals surface area contributed by atoms with E-state index in [9.17, 15) is 27.6 Å². The van der Waals surface area contributed by atoms with Crippen LogP contribution in [-0.4, -0.2) is 31.5 Å². The van der Waals surface area contributed by atoms with Crippen LogP contribution in [0.3, 0.4) is 0 Å². The van der Waals surface area contributed by atoms with Gasteiger partial charge in [-0.25, -0.2) is 9.78 Å².